The number of carbonyl (C=O) groups is 1. The Kier molecular flexibility index (Phi) is 6.44. The molecule has 0 unspecified atom stereocenters. The first-order valence-corrected chi connectivity index (χ1v) is 8.53. The van der Waals surface area contributed by atoms with Crippen LogP contribution in [0, 0.1) is 5.41 Å². The van der Waals surface area contributed by atoms with E-state index in [1.807, 2.05) is 13.0 Å². The minimum atomic E-state index is -0.113. The lowest BCUT2D eigenvalue weighted by Gasteiger charge is -2.38. The van der Waals surface area contributed by atoms with E-state index < -0.39 is 0 Å². The van der Waals surface area contributed by atoms with Gasteiger partial charge in [-0.15, -0.1) is 0 Å². The maximum Gasteiger partial charge on any atom is 0.320 e. The number of hydrogen-bond acceptors (Lipinski definition) is 3. The molecule has 0 aromatic heterocycles. The van der Waals surface area contributed by atoms with Gasteiger partial charge in [-0.1, -0.05) is 56.5 Å². The molecule has 1 aliphatic carbocycles. The van der Waals surface area contributed by atoms with Crippen molar-refractivity contribution < 1.29 is 9.53 Å². The second-order valence-electron chi connectivity index (χ2n) is 6.81. The summed E-state index contributed by atoms with van der Waals surface area (Å²) >= 11 is 0. The average molecular weight is 303 g/mol. The number of rotatable bonds is 7. The predicted octanol–water partition coefficient (Wildman–Crippen LogP) is 4.02. The molecule has 0 heterocycles. The Bertz CT molecular complexity index is 452. The monoisotopic (exact) mass is 303 g/mol. The van der Waals surface area contributed by atoms with Gasteiger partial charge in [0.05, 0.1) is 13.2 Å². The van der Waals surface area contributed by atoms with Gasteiger partial charge in [-0.25, -0.2) is 0 Å². The lowest BCUT2D eigenvalue weighted by Crippen LogP contribution is -2.40. The van der Waals surface area contributed by atoms with Crippen LogP contribution in [0.5, 0.6) is 0 Å². The molecule has 122 valence electrons. The minimum Gasteiger partial charge on any atom is -0.465 e. The van der Waals surface area contributed by atoms with Crippen molar-refractivity contribution in [1.82, 2.24) is 4.90 Å². The fraction of sp³-hybridized carbons (Fsp3) is 0.632. The number of carbonyl (C=O) groups excluding carboxylic acids is 1. The number of ether oxygens (including phenoxy) is 1. The quantitative estimate of drug-likeness (QED) is 0.712. The molecule has 0 saturated heterocycles. The van der Waals surface area contributed by atoms with E-state index in [9.17, 15) is 4.79 Å². The Morgan fingerprint density at radius 3 is 2.50 bits per heavy atom. The fourth-order valence-electron chi connectivity index (χ4n) is 3.50. The molecule has 0 atom stereocenters. The summed E-state index contributed by atoms with van der Waals surface area (Å²) < 4.78 is 5.15. The Hall–Kier alpha value is -1.35. The number of hydrogen-bond donors (Lipinski definition) is 0. The molecule has 1 saturated carbocycles. The molecule has 1 aromatic carbocycles. The van der Waals surface area contributed by atoms with Crippen molar-refractivity contribution in [2.45, 2.75) is 52.5 Å². The van der Waals surface area contributed by atoms with Crippen LogP contribution in [0.3, 0.4) is 0 Å². The first-order valence-electron chi connectivity index (χ1n) is 8.53. The first-order chi connectivity index (χ1) is 10.6. The van der Waals surface area contributed by atoms with E-state index in [2.05, 4.69) is 36.1 Å². The van der Waals surface area contributed by atoms with Gasteiger partial charge in [0.1, 0.15) is 0 Å². The van der Waals surface area contributed by atoms with Crippen LogP contribution in [0.25, 0.3) is 0 Å². The van der Waals surface area contributed by atoms with E-state index in [4.69, 9.17) is 4.74 Å². The van der Waals surface area contributed by atoms with Gasteiger partial charge >= 0.3 is 5.97 Å². The molecule has 1 fully saturated rings. The molecular weight excluding hydrogens is 274 g/mol. The fourth-order valence-corrected chi connectivity index (χ4v) is 3.50. The third kappa shape index (κ3) is 5.45. The summed E-state index contributed by atoms with van der Waals surface area (Å²) in [6.45, 7) is 6.86. The maximum atomic E-state index is 11.9. The van der Waals surface area contributed by atoms with Gasteiger partial charge in [0.25, 0.3) is 0 Å². The summed E-state index contributed by atoms with van der Waals surface area (Å²) in [6, 6.07) is 10.4. The van der Waals surface area contributed by atoms with Crippen LogP contribution in [-0.4, -0.2) is 30.6 Å². The summed E-state index contributed by atoms with van der Waals surface area (Å²) in [5, 5.41) is 0. The van der Waals surface area contributed by atoms with Crippen molar-refractivity contribution >= 4 is 5.97 Å². The second kappa shape index (κ2) is 8.33. The summed E-state index contributed by atoms with van der Waals surface area (Å²) in [7, 11) is 0. The zero-order valence-electron chi connectivity index (χ0n) is 14.0. The standard InChI is InChI=1S/C19H29NO2/c1-3-22-18(21)15-20(14-17-10-6-4-7-11-17)16-19(2)12-8-5-9-13-19/h4,6-7,10-11H,3,5,8-9,12-16H2,1-2H3. The summed E-state index contributed by atoms with van der Waals surface area (Å²) in [5.41, 5.74) is 1.59. The maximum absolute atomic E-state index is 11.9. The Balaban J connectivity index is 2.01. The Labute approximate surface area is 134 Å². The van der Waals surface area contributed by atoms with Crippen LogP contribution in [0.4, 0.5) is 0 Å². The van der Waals surface area contributed by atoms with Crippen molar-refractivity contribution in [1.29, 1.82) is 0 Å². The van der Waals surface area contributed by atoms with E-state index in [0.717, 1.165) is 13.1 Å². The Morgan fingerprint density at radius 1 is 1.18 bits per heavy atom. The number of nitrogens with zero attached hydrogens (tertiary/aromatic N) is 1. The lowest BCUT2D eigenvalue weighted by molar-refractivity contribution is -0.145. The van der Waals surface area contributed by atoms with Crippen molar-refractivity contribution in [3.8, 4) is 0 Å². The van der Waals surface area contributed by atoms with Gasteiger partial charge in [0, 0.05) is 13.1 Å². The average Bonchev–Trinajstić information content (AvgIpc) is 2.48. The van der Waals surface area contributed by atoms with Crippen LogP contribution in [0.2, 0.25) is 0 Å². The highest BCUT2D eigenvalue weighted by molar-refractivity contribution is 5.71. The molecule has 0 amide bonds. The van der Waals surface area contributed by atoms with Gasteiger partial charge in [0.15, 0.2) is 0 Å². The second-order valence-corrected chi connectivity index (χ2v) is 6.81. The smallest absolute Gasteiger partial charge is 0.320 e. The molecule has 0 spiro atoms. The number of benzene rings is 1. The van der Waals surface area contributed by atoms with Gasteiger partial charge in [-0.05, 0) is 30.7 Å². The molecular formula is C19H29NO2. The lowest BCUT2D eigenvalue weighted by atomic mass is 9.75. The number of esters is 1. The topological polar surface area (TPSA) is 29.5 Å². The van der Waals surface area contributed by atoms with Crippen LogP contribution in [0.15, 0.2) is 30.3 Å². The summed E-state index contributed by atoms with van der Waals surface area (Å²) in [5.74, 6) is -0.113. The van der Waals surface area contributed by atoms with Crippen molar-refractivity contribution in [3.05, 3.63) is 35.9 Å². The van der Waals surface area contributed by atoms with E-state index in [-0.39, 0.29) is 5.97 Å². The third-order valence-electron chi connectivity index (χ3n) is 4.57. The van der Waals surface area contributed by atoms with Crippen LogP contribution < -0.4 is 0 Å². The molecule has 0 aliphatic heterocycles. The highest BCUT2D eigenvalue weighted by Crippen LogP contribution is 2.36. The van der Waals surface area contributed by atoms with Gasteiger partial charge in [0.2, 0.25) is 0 Å². The molecule has 0 bridgehead atoms. The van der Waals surface area contributed by atoms with E-state index in [1.54, 1.807) is 0 Å². The predicted molar refractivity (Wildman–Crippen MR) is 89.5 cm³/mol. The highest BCUT2D eigenvalue weighted by Gasteiger charge is 2.29. The minimum absolute atomic E-state index is 0.113. The van der Waals surface area contributed by atoms with Crippen LogP contribution in [-0.2, 0) is 16.1 Å². The molecule has 3 heteroatoms. The van der Waals surface area contributed by atoms with Crippen LogP contribution >= 0.6 is 0 Å². The molecule has 0 radical (unpaired) electrons. The van der Waals surface area contributed by atoms with Crippen molar-refractivity contribution in [2.24, 2.45) is 5.41 Å². The van der Waals surface area contributed by atoms with Gasteiger partial charge < -0.3 is 4.74 Å². The molecule has 1 aliphatic rings. The first kappa shape index (κ1) is 17.0. The van der Waals surface area contributed by atoms with Crippen LogP contribution in [0.1, 0.15) is 51.5 Å². The van der Waals surface area contributed by atoms with Crippen molar-refractivity contribution in [3.63, 3.8) is 0 Å². The molecule has 22 heavy (non-hydrogen) atoms. The molecule has 3 nitrogen and oxygen atoms in total. The zero-order chi connectivity index (χ0) is 15.8. The normalized spacial score (nSPS) is 17.4. The molecule has 1 aromatic rings. The molecule has 2 rings (SSSR count). The van der Waals surface area contributed by atoms with Crippen molar-refractivity contribution in [2.75, 3.05) is 19.7 Å². The highest BCUT2D eigenvalue weighted by atomic mass is 16.5. The van der Waals surface area contributed by atoms with E-state index >= 15 is 0 Å². The van der Waals surface area contributed by atoms with Gasteiger partial charge in [-0.2, -0.15) is 0 Å². The summed E-state index contributed by atoms with van der Waals surface area (Å²) in [4.78, 5) is 14.2. The molecule has 0 N–H and O–H groups in total. The summed E-state index contributed by atoms with van der Waals surface area (Å²) in [6.07, 6.45) is 6.51. The third-order valence-corrected chi connectivity index (χ3v) is 4.57. The zero-order valence-corrected chi connectivity index (χ0v) is 14.0. The van der Waals surface area contributed by atoms with E-state index in [1.165, 1.54) is 37.7 Å². The van der Waals surface area contributed by atoms with E-state index in [0.29, 0.717) is 18.6 Å². The van der Waals surface area contributed by atoms with Gasteiger partial charge in [-0.3, -0.25) is 9.69 Å². The SMILES string of the molecule is CCOC(=O)CN(Cc1ccccc1)CC1(C)CCCCC1. The Morgan fingerprint density at radius 2 is 1.86 bits per heavy atom. The largest absolute Gasteiger partial charge is 0.465 e.